The zero-order valence-corrected chi connectivity index (χ0v) is 11.9. The minimum absolute atomic E-state index is 0.488. The second kappa shape index (κ2) is 7.62. The molecule has 0 aromatic heterocycles. The largest absolute Gasteiger partial charge is 0.496 e. The van der Waals surface area contributed by atoms with Crippen molar-refractivity contribution in [2.45, 2.75) is 32.7 Å². The molecule has 0 unspecified atom stereocenters. The Balaban J connectivity index is 2.64. The lowest BCUT2D eigenvalue weighted by Crippen LogP contribution is -2.15. The maximum Gasteiger partial charge on any atom is 0.122 e. The van der Waals surface area contributed by atoms with E-state index in [0.29, 0.717) is 5.92 Å². The molecule has 0 amide bonds. The van der Waals surface area contributed by atoms with Crippen LogP contribution in [0.2, 0.25) is 0 Å². The lowest BCUT2D eigenvalue weighted by atomic mass is 9.99. The summed E-state index contributed by atoms with van der Waals surface area (Å²) in [6.07, 6.45) is 1.11. The Hall–Kier alpha value is -0.670. The number of nitrogens with one attached hydrogen (secondary N) is 1. The first kappa shape index (κ1) is 14.4. The van der Waals surface area contributed by atoms with E-state index in [1.54, 1.807) is 7.11 Å². The van der Waals surface area contributed by atoms with Gasteiger partial charge in [0.2, 0.25) is 0 Å². The molecule has 3 heteroatoms. The van der Waals surface area contributed by atoms with E-state index in [9.17, 15) is 0 Å². The molecule has 0 fully saturated rings. The predicted octanol–water partition coefficient (Wildman–Crippen LogP) is 3.23. The number of hydrogen-bond donors (Lipinski definition) is 2. The van der Waals surface area contributed by atoms with E-state index in [-0.39, 0.29) is 0 Å². The zero-order chi connectivity index (χ0) is 12.7. The molecule has 1 rings (SSSR count). The molecule has 1 N–H and O–H groups in total. The third-order valence-corrected chi connectivity index (χ3v) is 3.07. The van der Waals surface area contributed by atoms with E-state index in [4.69, 9.17) is 4.74 Å². The van der Waals surface area contributed by atoms with Crippen molar-refractivity contribution in [3.05, 3.63) is 29.3 Å². The van der Waals surface area contributed by atoms with Gasteiger partial charge in [0, 0.05) is 6.54 Å². The third kappa shape index (κ3) is 4.60. The van der Waals surface area contributed by atoms with E-state index in [0.717, 1.165) is 31.0 Å². The summed E-state index contributed by atoms with van der Waals surface area (Å²) in [6, 6.07) is 6.42. The van der Waals surface area contributed by atoms with Gasteiger partial charge in [-0.15, -0.1) is 0 Å². The van der Waals surface area contributed by atoms with Crippen LogP contribution in [0.25, 0.3) is 0 Å². The van der Waals surface area contributed by atoms with E-state index >= 15 is 0 Å². The SMILES string of the molecule is COc1ccc(CNCCCS)cc1C(C)C. The Bertz CT molecular complexity index is 339. The van der Waals surface area contributed by atoms with Crippen molar-refractivity contribution in [2.75, 3.05) is 19.4 Å². The number of thiol groups is 1. The molecule has 0 aliphatic heterocycles. The molecule has 0 radical (unpaired) electrons. The van der Waals surface area contributed by atoms with Gasteiger partial charge in [0.1, 0.15) is 5.75 Å². The number of hydrogen-bond acceptors (Lipinski definition) is 3. The second-order valence-corrected chi connectivity index (χ2v) is 4.93. The Morgan fingerprint density at radius 3 is 2.71 bits per heavy atom. The minimum atomic E-state index is 0.488. The molecule has 0 atom stereocenters. The average Bonchev–Trinajstić information content (AvgIpc) is 2.34. The van der Waals surface area contributed by atoms with Crippen LogP contribution in [0.1, 0.15) is 37.3 Å². The van der Waals surface area contributed by atoms with Crippen LogP contribution >= 0.6 is 12.6 Å². The molecule has 0 saturated heterocycles. The molecule has 2 nitrogen and oxygen atoms in total. The summed E-state index contributed by atoms with van der Waals surface area (Å²) < 4.78 is 5.37. The van der Waals surface area contributed by atoms with Gasteiger partial charge in [-0.05, 0) is 41.8 Å². The van der Waals surface area contributed by atoms with Crippen molar-refractivity contribution in [3.8, 4) is 5.75 Å². The van der Waals surface area contributed by atoms with Crippen molar-refractivity contribution in [1.29, 1.82) is 0 Å². The van der Waals surface area contributed by atoms with Gasteiger partial charge in [-0.3, -0.25) is 0 Å². The predicted molar refractivity (Wildman–Crippen MR) is 77.3 cm³/mol. The quantitative estimate of drug-likeness (QED) is 0.575. The van der Waals surface area contributed by atoms with Crippen molar-refractivity contribution in [1.82, 2.24) is 5.32 Å². The molecule has 0 spiro atoms. The van der Waals surface area contributed by atoms with Crippen LogP contribution in [0.15, 0.2) is 18.2 Å². The third-order valence-electron chi connectivity index (χ3n) is 2.76. The number of rotatable bonds is 7. The Kier molecular flexibility index (Phi) is 6.45. The van der Waals surface area contributed by atoms with Crippen LogP contribution in [0, 0.1) is 0 Å². The molecule has 0 saturated carbocycles. The maximum atomic E-state index is 5.37. The molecule has 0 heterocycles. The summed E-state index contributed by atoms with van der Waals surface area (Å²) in [5.74, 6) is 2.41. The van der Waals surface area contributed by atoms with Crippen molar-refractivity contribution >= 4 is 12.6 Å². The molecule has 0 aliphatic carbocycles. The molecule has 0 bridgehead atoms. The fraction of sp³-hybridized carbons (Fsp3) is 0.571. The highest BCUT2D eigenvalue weighted by atomic mass is 32.1. The van der Waals surface area contributed by atoms with Gasteiger partial charge in [0.25, 0.3) is 0 Å². The van der Waals surface area contributed by atoms with Gasteiger partial charge in [-0.2, -0.15) is 12.6 Å². The van der Waals surface area contributed by atoms with Crippen LogP contribution < -0.4 is 10.1 Å². The Labute approximate surface area is 110 Å². The molecule has 96 valence electrons. The van der Waals surface area contributed by atoms with Crippen LogP contribution in [0.4, 0.5) is 0 Å². The molecule has 1 aromatic carbocycles. The lowest BCUT2D eigenvalue weighted by molar-refractivity contribution is 0.407. The van der Waals surface area contributed by atoms with Gasteiger partial charge in [0.15, 0.2) is 0 Å². The van der Waals surface area contributed by atoms with Gasteiger partial charge in [-0.25, -0.2) is 0 Å². The highest BCUT2D eigenvalue weighted by molar-refractivity contribution is 7.80. The topological polar surface area (TPSA) is 21.3 Å². The summed E-state index contributed by atoms with van der Waals surface area (Å²) in [5, 5.41) is 3.42. The highest BCUT2D eigenvalue weighted by Crippen LogP contribution is 2.27. The Morgan fingerprint density at radius 1 is 1.35 bits per heavy atom. The fourth-order valence-corrected chi connectivity index (χ4v) is 1.94. The van der Waals surface area contributed by atoms with E-state index < -0.39 is 0 Å². The maximum absolute atomic E-state index is 5.37. The first-order valence-corrected chi connectivity index (χ1v) is 6.80. The van der Waals surface area contributed by atoms with Crippen LogP contribution in [-0.4, -0.2) is 19.4 Å². The summed E-state index contributed by atoms with van der Waals surface area (Å²) in [6.45, 7) is 6.32. The normalized spacial score (nSPS) is 10.9. The number of ether oxygens (including phenoxy) is 1. The van der Waals surface area contributed by atoms with Crippen molar-refractivity contribution in [3.63, 3.8) is 0 Å². The van der Waals surface area contributed by atoms with Gasteiger partial charge in [-0.1, -0.05) is 26.0 Å². The van der Waals surface area contributed by atoms with Gasteiger partial charge >= 0.3 is 0 Å². The Morgan fingerprint density at radius 2 is 2.12 bits per heavy atom. The molecule has 0 aliphatic rings. The first-order chi connectivity index (χ1) is 8.19. The first-order valence-electron chi connectivity index (χ1n) is 6.17. The summed E-state index contributed by atoms with van der Waals surface area (Å²) in [7, 11) is 1.73. The van der Waals surface area contributed by atoms with E-state index in [1.807, 2.05) is 0 Å². The van der Waals surface area contributed by atoms with E-state index in [1.165, 1.54) is 11.1 Å². The molecule has 17 heavy (non-hydrogen) atoms. The zero-order valence-electron chi connectivity index (χ0n) is 11.0. The smallest absolute Gasteiger partial charge is 0.122 e. The number of methoxy groups -OCH3 is 1. The van der Waals surface area contributed by atoms with Crippen LogP contribution in [0.5, 0.6) is 5.75 Å². The summed E-state index contributed by atoms with van der Waals surface area (Å²) >= 11 is 4.19. The number of benzene rings is 1. The van der Waals surface area contributed by atoms with Gasteiger partial charge < -0.3 is 10.1 Å². The lowest BCUT2D eigenvalue weighted by Gasteiger charge is -2.14. The monoisotopic (exact) mass is 253 g/mol. The highest BCUT2D eigenvalue weighted by Gasteiger charge is 2.07. The van der Waals surface area contributed by atoms with Crippen LogP contribution in [-0.2, 0) is 6.54 Å². The minimum Gasteiger partial charge on any atom is -0.496 e. The van der Waals surface area contributed by atoms with Crippen molar-refractivity contribution in [2.24, 2.45) is 0 Å². The average molecular weight is 253 g/mol. The summed E-state index contributed by atoms with van der Waals surface area (Å²) in [5.41, 5.74) is 2.59. The van der Waals surface area contributed by atoms with Gasteiger partial charge in [0.05, 0.1) is 7.11 Å². The van der Waals surface area contributed by atoms with E-state index in [2.05, 4.69) is 50.0 Å². The van der Waals surface area contributed by atoms with Crippen LogP contribution in [0.3, 0.4) is 0 Å². The summed E-state index contributed by atoms with van der Waals surface area (Å²) in [4.78, 5) is 0. The standard InChI is InChI=1S/C14H23NOS/c1-11(2)13-9-12(5-6-14(13)16-3)10-15-7-4-8-17/h5-6,9,11,15,17H,4,7-8,10H2,1-3H3. The fourth-order valence-electron chi connectivity index (χ4n) is 1.78. The molecular weight excluding hydrogens is 230 g/mol. The molecule has 1 aromatic rings. The van der Waals surface area contributed by atoms with Crippen molar-refractivity contribution < 1.29 is 4.74 Å². The molecular formula is C14H23NOS. The second-order valence-electron chi connectivity index (χ2n) is 4.48.